The van der Waals surface area contributed by atoms with Crippen molar-refractivity contribution >= 4 is 17.9 Å². The van der Waals surface area contributed by atoms with Gasteiger partial charge >= 0.3 is 6.09 Å². The average Bonchev–Trinajstić information content (AvgIpc) is 2.81. The Morgan fingerprint density at radius 2 is 1.59 bits per heavy atom. The maximum absolute atomic E-state index is 14.5. The molecular weight excluding hydrogens is 490 g/mol. The summed E-state index contributed by atoms with van der Waals surface area (Å²) in [5.41, 5.74) is 2.17. The van der Waals surface area contributed by atoms with E-state index in [2.05, 4.69) is 17.6 Å². The van der Waals surface area contributed by atoms with Crippen molar-refractivity contribution < 1.29 is 19.1 Å². The van der Waals surface area contributed by atoms with Gasteiger partial charge in [0.1, 0.15) is 17.7 Å². The molecule has 0 fully saturated rings. The molecule has 0 saturated carbocycles. The second kappa shape index (κ2) is 13.6. The Labute approximate surface area is 234 Å². The van der Waals surface area contributed by atoms with E-state index in [-0.39, 0.29) is 18.2 Å². The Balaban J connectivity index is 2.61. The molecule has 2 aromatic rings. The van der Waals surface area contributed by atoms with Crippen LogP contribution in [0.5, 0.6) is 0 Å². The van der Waals surface area contributed by atoms with Crippen LogP contribution < -0.4 is 10.6 Å². The van der Waals surface area contributed by atoms with Crippen molar-refractivity contribution in [1.82, 2.24) is 15.5 Å². The number of rotatable bonds is 10. The molecule has 214 valence electrons. The topological polar surface area (TPSA) is 87.7 Å². The highest BCUT2D eigenvalue weighted by Crippen LogP contribution is 2.32. The molecule has 2 N–H and O–H groups in total. The van der Waals surface area contributed by atoms with Crippen molar-refractivity contribution in [3.63, 3.8) is 0 Å². The molecule has 2 atom stereocenters. The average molecular weight is 538 g/mol. The van der Waals surface area contributed by atoms with Crippen molar-refractivity contribution in [3.8, 4) is 0 Å². The molecule has 0 aliphatic carbocycles. The lowest BCUT2D eigenvalue weighted by molar-refractivity contribution is -0.148. The standard InChI is InChI=1S/C32H47N3O4/c1-10-11-19-33-28(36)27(25-18-17-22(2)20-23(25)3)35(31(4,5)6)29(37)26(21-24-15-13-12-14-16-24)34-30(38)39-32(7,8)9/h12-18,20,26-27H,10-11,19,21H2,1-9H3,(H,33,36)(H,34,38). The van der Waals surface area contributed by atoms with Crippen LogP contribution in [0.15, 0.2) is 48.5 Å². The minimum absolute atomic E-state index is 0.241. The van der Waals surface area contributed by atoms with Crippen molar-refractivity contribution in [1.29, 1.82) is 0 Å². The SMILES string of the molecule is CCCCNC(=O)C(c1ccc(C)cc1C)N(C(=O)C(Cc1ccccc1)NC(=O)OC(C)(C)C)C(C)(C)C. The number of hydrogen-bond donors (Lipinski definition) is 2. The summed E-state index contributed by atoms with van der Waals surface area (Å²) in [6.45, 7) is 17.6. The van der Waals surface area contributed by atoms with Crippen LogP contribution in [0.4, 0.5) is 4.79 Å². The number of nitrogens with one attached hydrogen (secondary N) is 2. The van der Waals surface area contributed by atoms with Gasteiger partial charge in [-0.2, -0.15) is 0 Å². The predicted molar refractivity (Wildman–Crippen MR) is 156 cm³/mol. The van der Waals surface area contributed by atoms with Gasteiger partial charge in [0, 0.05) is 18.5 Å². The summed E-state index contributed by atoms with van der Waals surface area (Å²) in [5, 5.41) is 5.86. The Kier molecular flexibility index (Phi) is 11.1. The minimum atomic E-state index is -0.946. The molecule has 2 unspecified atom stereocenters. The van der Waals surface area contributed by atoms with Gasteiger partial charge in [-0.25, -0.2) is 4.79 Å². The first-order valence-electron chi connectivity index (χ1n) is 13.9. The summed E-state index contributed by atoms with van der Waals surface area (Å²) < 4.78 is 5.51. The van der Waals surface area contributed by atoms with E-state index in [4.69, 9.17) is 4.74 Å². The molecule has 0 bridgehead atoms. The Bertz CT molecular complexity index is 1120. The summed E-state index contributed by atoms with van der Waals surface area (Å²) in [4.78, 5) is 42.8. The Hall–Kier alpha value is -3.35. The van der Waals surface area contributed by atoms with E-state index in [0.29, 0.717) is 6.54 Å². The summed E-state index contributed by atoms with van der Waals surface area (Å²) in [5.74, 6) is -0.595. The monoisotopic (exact) mass is 537 g/mol. The van der Waals surface area contributed by atoms with Crippen LogP contribution in [-0.4, -0.2) is 46.5 Å². The zero-order chi connectivity index (χ0) is 29.4. The lowest BCUT2D eigenvalue weighted by atomic mass is 9.91. The van der Waals surface area contributed by atoms with Crippen LogP contribution in [0.2, 0.25) is 0 Å². The number of unbranched alkanes of at least 4 members (excludes halogenated alkanes) is 1. The van der Waals surface area contributed by atoms with Gasteiger partial charge in [-0.05, 0) is 78.5 Å². The Morgan fingerprint density at radius 3 is 2.13 bits per heavy atom. The first-order valence-corrected chi connectivity index (χ1v) is 13.9. The summed E-state index contributed by atoms with van der Waals surface area (Å²) in [6.07, 6.45) is 1.35. The normalized spacial score (nSPS) is 13.3. The van der Waals surface area contributed by atoms with Crippen LogP contribution in [0.1, 0.15) is 89.6 Å². The molecule has 0 saturated heterocycles. The van der Waals surface area contributed by atoms with Gasteiger partial charge in [0.2, 0.25) is 11.8 Å². The molecule has 39 heavy (non-hydrogen) atoms. The molecule has 0 spiro atoms. The predicted octanol–water partition coefficient (Wildman–Crippen LogP) is 6.02. The van der Waals surface area contributed by atoms with Crippen molar-refractivity contribution in [2.24, 2.45) is 0 Å². The van der Waals surface area contributed by atoms with Gasteiger partial charge in [-0.15, -0.1) is 0 Å². The van der Waals surface area contributed by atoms with Gasteiger partial charge in [0.15, 0.2) is 0 Å². The molecule has 0 aliphatic heterocycles. The third-order valence-electron chi connectivity index (χ3n) is 6.29. The fourth-order valence-electron chi connectivity index (χ4n) is 4.53. The van der Waals surface area contributed by atoms with Crippen molar-refractivity contribution in [3.05, 3.63) is 70.8 Å². The lowest BCUT2D eigenvalue weighted by Gasteiger charge is -2.43. The molecular formula is C32H47N3O4. The van der Waals surface area contributed by atoms with E-state index in [1.807, 2.05) is 83.1 Å². The lowest BCUT2D eigenvalue weighted by Crippen LogP contribution is -2.59. The van der Waals surface area contributed by atoms with E-state index < -0.39 is 29.3 Å². The zero-order valence-corrected chi connectivity index (χ0v) is 25.2. The minimum Gasteiger partial charge on any atom is -0.444 e. The number of aryl methyl sites for hydroxylation is 2. The quantitative estimate of drug-likeness (QED) is 0.363. The molecule has 2 rings (SSSR count). The third-order valence-corrected chi connectivity index (χ3v) is 6.29. The summed E-state index contributed by atoms with van der Waals surface area (Å²) in [7, 11) is 0. The maximum Gasteiger partial charge on any atom is 0.408 e. The zero-order valence-electron chi connectivity index (χ0n) is 25.2. The van der Waals surface area contributed by atoms with Gasteiger partial charge in [0.25, 0.3) is 0 Å². The van der Waals surface area contributed by atoms with E-state index in [0.717, 1.165) is 35.1 Å². The fourth-order valence-corrected chi connectivity index (χ4v) is 4.53. The smallest absolute Gasteiger partial charge is 0.408 e. The van der Waals surface area contributed by atoms with E-state index in [1.54, 1.807) is 25.7 Å². The van der Waals surface area contributed by atoms with Crippen LogP contribution in [0.25, 0.3) is 0 Å². The number of ether oxygens (including phenoxy) is 1. The molecule has 3 amide bonds. The molecule has 0 aromatic heterocycles. The van der Waals surface area contributed by atoms with Crippen LogP contribution >= 0.6 is 0 Å². The number of carbonyl (C=O) groups is 3. The second-order valence-corrected chi connectivity index (χ2v) is 12.2. The molecule has 0 radical (unpaired) electrons. The van der Waals surface area contributed by atoms with Gasteiger partial charge in [0.05, 0.1) is 0 Å². The number of benzene rings is 2. The van der Waals surface area contributed by atoms with Crippen molar-refractivity contribution in [2.45, 2.75) is 105 Å². The van der Waals surface area contributed by atoms with E-state index >= 15 is 0 Å². The number of nitrogens with zero attached hydrogens (tertiary/aromatic N) is 1. The van der Waals surface area contributed by atoms with E-state index in [1.165, 1.54) is 0 Å². The summed E-state index contributed by atoms with van der Waals surface area (Å²) >= 11 is 0. The van der Waals surface area contributed by atoms with E-state index in [9.17, 15) is 14.4 Å². The number of amides is 3. The highest BCUT2D eigenvalue weighted by atomic mass is 16.6. The molecule has 0 heterocycles. The van der Waals surface area contributed by atoms with Crippen molar-refractivity contribution in [2.75, 3.05) is 6.54 Å². The molecule has 0 aliphatic rings. The van der Waals surface area contributed by atoms with Gasteiger partial charge < -0.3 is 20.3 Å². The van der Waals surface area contributed by atoms with Gasteiger partial charge in [-0.1, -0.05) is 67.4 Å². The molecule has 7 nitrogen and oxygen atoms in total. The van der Waals surface area contributed by atoms with Crippen LogP contribution in [-0.2, 0) is 20.7 Å². The first-order chi connectivity index (χ1) is 18.1. The number of carbonyl (C=O) groups excluding carboxylic acids is 3. The third kappa shape index (κ3) is 9.72. The molecule has 7 heteroatoms. The number of hydrogen-bond acceptors (Lipinski definition) is 4. The second-order valence-electron chi connectivity index (χ2n) is 12.2. The number of alkyl carbamates (subject to hydrolysis) is 1. The summed E-state index contributed by atoms with van der Waals surface area (Å²) in [6, 6.07) is 13.6. The highest BCUT2D eigenvalue weighted by Gasteiger charge is 2.42. The first kappa shape index (κ1) is 31.9. The Morgan fingerprint density at radius 1 is 0.949 bits per heavy atom. The largest absolute Gasteiger partial charge is 0.444 e. The maximum atomic E-state index is 14.5. The van der Waals surface area contributed by atoms with Crippen LogP contribution in [0.3, 0.4) is 0 Å². The van der Waals surface area contributed by atoms with Gasteiger partial charge in [-0.3, -0.25) is 9.59 Å². The van der Waals surface area contributed by atoms with Crippen LogP contribution in [0, 0.1) is 13.8 Å². The highest BCUT2D eigenvalue weighted by molar-refractivity contribution is 5.93. The fraction of sp³-hybridized carbons (Fsp3) is 0.531. The molecule has 2 aromatic carbocycles.